The molecule has 1 aliphatic rings. The van der Waals surface area contributed by atoms with Crippen LogP contribution >= 0.6 is 11.3 Å². The van der Waals surface area contributed by atoms with Crippen LogP contribution in [0.3, 0.4) is 0 Å². The fourth-order valence-corrected chi connectivity index (χ4v) is 7.01. The summed E-state index contributed by atoms with van der Waals surface area (Å²) in [4.78, 5) is 17.5. The van der Waals surface area contributed by atoms with Gasteiger partial charge in [-0.15, -0.1) is 11.3 Å². The van der Waals surface area contributed by atoms with E-state index in [0.717, 1.165) is 35.6 Å². The monoisotopic (exact) mass is 547 g/mol. The predicted octanol–water partition coefficient (Wildman–Crippen LogP) is 5.39. The second-order valence-electron chi connectivity index (χ2n) is 9.71. The van der Waals surface area contributed by atoms with E-state index in [0.29, 0.717) is 17.1 Å². The summed E-state index contributed by atoms with van der Waals surface area (Å²) in [6.07, 6.45) is 6.12. The quantitative estimate of drug-likeness (QED) is 0.324. The van der Waals surface area contributed by atoms with Gasteiger partial charge in [0, 0.05) is 41.5 Å². The number of ether oxygens (including phenoxy) is 1. The summed E-state index contributed by atoms with van der Waals surface area (Å²) in [6.45, 7) is 7.22. The van der Waals surface area contributed by atoms with Crippen LogP contribution in [0.25, 0.3) is 10.4 Å². The molecular weight excluding hydrogens is 514 g/mol. The van der Waals surface area contributed by atoms with Crippen molar-refractivity contribution in [3.8, 4) is 10.4 Å². The van der Waals surface area contributed by atoms with Crippen molar-refractivity contribution in [2.75, 3.05) is 5.32 Å². The molecule has 3 aromatic rings. The van der Waals surface area contributed by atoms with E-state index in [1.165, 1.54) is 17.6 Å². The van der Waals surface area contributed by atoms with Crippen molar-refractivity contribution in [3.05, 3.63) is 41.7 Å². The molecule has 1 fully saturated rings. The number of alkyl carbamates (subject to hydrolysis) is 1. The number of sulfonamides is 1. The van der Waals surface area contributed by atoms with Crippen LogP contribution in [0.5, 0.6) is 0 Å². The molecule has 0 spiro atoms. The van der Waals surface area contributed by atoms with E-state index < -0.39 is 10.0 Å². The SMILES string of the molecule is CC(C)NS(=O)(=O)c1cc(Nc2ccon2)ccc1-c1cnc(C2CCC(NC(=O)OC(C)C)CC2)s1. The number of benzene rings is 1. The maximum absolute atomic E-state index is 13.3. The number of nitrogens with zero attached hydrogens (tertiary/aromatic N) is 2. The average molecular weight is 548 g/mol. The Bertz CT molecular complexity index is 1300. The van der Waals surface area contributed by atoms with Gasteiger partial charge < -0.3 is 19.9 Å². The zero-order valence-corrected chi connectivity index (χ0v) is 23.0. The van der Waals surface area contributed by atoms with Gasteiger partial charge in [0.2, 0.25) is 10.0 Å². The molecule has 3 N–H and O–H groups in total. The van der Waals surface area contributed by atoms with Crippen LogP contribution in [-0.4, -0.2) is 42.8 Å². The van der Waals surface area contributed by atoms with Crippen LogP contribution in [0.1, 0.15) is 64.3 Å². The Labute approximate surface area is 221 Å². The fourth-order valence-electron chi connectivity index (χ4n) is 4.32. The highest BCUT2D eigenvalue weighted by atomic mass is 32.2. The Morgan fingerprint density at radius 3 is 2.54 bits per heavy atom. The van der Waals surface area contributed by atoms with E-state index in [-0.39, 0.29) is 35.1 Å². The third kappa shape index (κ3) is 7.08. The van der Waals surface area contributed by atoms with Gasteiger partial charge in [0.15, 0.2) is 5.82 Å². The second kappa shape index (κ2) is 11.6. The van der Waals surface area contributed by atoms with Gasteiger partial charge in [-0.2, -0.15) is 0 Å². The number of hydrogen-bond acceptors (Lipinski definition) is 9. The molecule has 1 amide bonds. The summed E-state index contributed by atoms with van der Waals surface area (Å²) in [5.74, 6) is 0.746. The Morgan fingerprint density at radius 2 is 1.89 bits per heavy atom. The van der Waals surface area contributed by atoms with Gasteiger partial charge in [-0.1, -0.05) is 11.2 Å². The third-order valence-electron chi connectivity index (χ3n) is 5.90. The molecule has 0 bridgehead atoms. The first-order chi connectivity index (χ1) is 17.6. The molecule has 200 valence electrons. The molecule has 4 rings (SSSR count). The van der Waals surface area contributed by atoms with Crippen molar-refractivity contribution in [2.45, 2.75) is 82.4 Å². The maximum Gasteiger partial charge on any atom is 0.407 e. The van der Waals surface area contributed by atoms with Gasteiger partial charge in [-0.3, -0.25) is 0 Å². The number of thiazole rings is 1. The van der Waals surface area contributed by atoms with Crippen LogP contribution in [0.4, 0.5) is 16.3 Å². The van der Waals surface area contributed by atoms with Crippen LogP contribution in [0.15, 0.2) is 46.1 Å². The minimum Gasteiger partial charge on any atom is -0.447 e. The van der Waals surface area contributed by atoms with E-state index in [1.54, 1.807) is 38.2 Å². The molecular formula is C25H33N5O5S2. The van der Waals surface area contributed by atoms with Crippen molar-refractivity contribution >= 4 is 39.0 Å². The number of carbonyl (C=O) groups excluding carboxylic acids is 1. The topological polar surface area (TPSA) is 135 Å². The second-order valence-corrected chi connectivity index (χ2v) is 12.5. The van der Waals surface area contributed by atoms with Crippen molar-refractivity contribution in [1.29, 1.82) is 0 Å². The molecule has 0 unspecified atom stereocenters. The highest BCUT2D eigenvalue weighted by Gasteiger charge is 2.27. The molecule has 1 aliphatic carbocycles. The molecule has 0 aliphatic heterocycles. The molecule has 1 saturated carbocycles. The molecule has 37 heavy (non-hydrogen) atoms. The third-order valence-corrected chi connectivity index (χ3v) is 8.79. The van der Waals surface area contributed by atoms with Gasteiger partial charge >= 0.3 is 6.09 Å². The van der Waals surface area contributed by atoms with E-state index in [2.05, 4.69) is 25.5 Å². The zero-order valence-electron chi connectivity index (χ0n) is 21.4. The smallest absolute Gasteiger partial charge is 0.407 e. The number of carbonyl (C=O) groups is 1. The first-order valence-corrected chi connectivity index (χ1v) is 14.7. The van der Waals surface area contributed by atoms with Crippen LogP contribution in [0.2, 0.25) is 0 Å². The lowest BCUT2D eigenvalue weighted by atomic mass is 9.86. The van der Waals surface area contributed by atoms with Gasteiger partial charge in [-0.05, 0) is 65.5 Å². The molecule has 2 aromatic heterocycles. The number of rotatable bonds is 9. The van der Waals surface area contributed by atoms with Crippen molar-refractivity contribution in [3.63, 3.8) is 0 Å². The maximum atomic E-state index is 13.3. The fraction of sp³-hybridized carbons (Fsp3) is 0.480. The van der Waals surface area contributed by atoms with Gasteiger partial charge in [0.05, 0.1) is 20.9 Å². The number of anilines is 2. The van der Waals surface area contributed by atoms with E-state index in [9.17, 15) is 13.2 Å². The lowest BCUT2D eigenvalue weighted by molar-refractivity contribution is 0.109. The molecule has 0 saturated heterocycles. The van der Waals surface area contributed by atoms with Gasteiger partial charge in [0.1, 0.15) is 6.26 Å². The molecule has 2 heterocycles. The summed E-state index contributed by atoms with van der Waals surface area (Å²) < 4.78 is 39.2. The van der Waals surface area contributed by atoms with Gasteiger partial charge in [0.25, 0.3) is 0 Å². The Hall–Kier alpha value is -2.96. The Morgan fingerprint density at radius 1 is 1.14 bits per heavy atom. The van der Waals surface area contributed by atoms with Crippen LogP contribution in [-0.2, 0) is 14.8 Å². The van der Waals surface area contributed by atoms with Gasteiger partial charge in [-0.25, -0.2) is 22.9 Å². The number of hydrogen-bond donors (Lipinski definition) is 3. The summed E-state index contributed by atoms with van der Waals surface area (Å²) in [6, 6.07) is 6.68. The van der Waals surface area contributed by atoms with Crippen molar-refractivity contribution in [1.82, 2.24) is 20.2 Å². The molecule has 0 atom stereocenters. The Kier molecular flexibility index (Phi) is 8.50. The van der Waals surface area contributed by atoms with Crippen molar-refractivity contribution < 1.29 is 22.5 Å². The molecule has 0 radical (unpaired) electrons. The summed E-state index contributed by atoms with van der Waals surface area (Å²) >= 11 is 1.51. The molecule has 1 aromatic carbocycles. The van der Waals surface area contributed by atoms with E-state index in [1.807, 2.05) is 19.9 Å². The van der Waals surface area contributed by atoms with E-state index >= 15 is 0 Å². The standard InChI is InChI=1S/C25H33N5O5S2/c1-15(2)30-37(32,33)22-13-19(27-23-11-12-34-29-23)9-10-20(22)21-14-26-24(36-21)17-5-7-18(8-6-17)28-25(31)35-16(3)4/h9-18,30H,5-8H2,1-4H3,(H,27,29)(H,28,31). The molecule has 10 nitrogen and oxygen atoms in total. The number of aromatic nitrogens is 2. The lowest BCUT2D eigenvalue weighted by Gasteiger charge is -2.28. The first kappa shape index (κ1) is 27.1. The van der Waals surface area contributed by atoms with E-state index in [4.69, 9.17) is 9.26 Å². The molecule has 12 heteroatoms. The Balaban J connectivity index is 1.52. The lowest BCUT2D eigenvalue weighted by Crippen LogP contribution is -2.38. The van der Waals surface area contributed by atoms with Crippen LogP contribution in [0, 0.1) is 0 Å². The minimum absolute atomic E-state index is 0.0885. The summed E-state index contributed by atoms with van der Waals surface area (Å²) in [5, 5.41) is 10.8. The minimum atomic E-state index is -3.79. The van der Waals surface area contributed by atoms with Crippen molar-refractivity contribution in [2.24, 2.45) is 0 Å². The predicted molar refractivity (Wildman–Crippen MR) is 143 cm³/mol. The summed E-state index contributed by atoms with van der Waals surface area (Å²) in [5.41, 5.74) is 1.17. The largest absolute Gasteiger partial charge is 0.447 e. The van der Waals surface area contributed by atoms with Crippen LogP contribution < -0.4 is 15.4 Å². The first-order valence-electron chi connectivity index (χ1n) is 12.4. The summed E-state index contributed by atoms with van der Waals surface area (Å²) in [7, 11) is -3.79. The number of amides is 1. The highest BCUT2D eigenvalue weighted by molar-refractivity contribution is 7.89. The highest BCUT2D eigenvalue weighted by Crippen LogP contribution is 2.40. The normalized spacial score (nSPS) is 18.2. The number of nitrogens with one attached hydrogen (secondary N) is 3. The average Bonchev–Trinajstić information content (AvgIpc) is 3.51. The zero-order chi connectivity index (χ0) is 26.6.